The summed E-state index contributed by atoms with van der Waals surface area (Å²) in [6.07, 6.45) is 3.41. The highest BCUT2D eigenvalue weighted by molar-refractivity contribution is 6.22. The zero-order valence-corrected chi connectivity index (χ0v) is 10.7. The molecule has 0 saturated heterocycles. The minimum absolute atomic E-state index is 0.313. The Balaban J connectivity index is 2.29. The van der Waals surface area contributed by atoms with Gasteiger partial charge in [-0.25, -0.2) is 0 Å². The van der Waals surface area contributed by atoms with Gasteiger partial charge in [-0.3, -0.25) is 4.98 Å². The predicted octanol–water partition coefficient (Wildman–Crippen LogP) is 3.97. The van der Waals surface area contributed by atoms with Gasteiger partial charge in [-0.05, 0) is 17.7 Å². The number of hydrogen-bond donors (Lipinski definition) is 0. The molecule has 1 aromatic carbocycles. The van der Waals surface area contributed by atoms with Crippen LogP contribution in [0.25, 0.3) is 0 Å². The molecule has 0 saturated carbocycles. The second-order valence-electron chi connectivity index (χ2n) is 3.76. The Bertz CT molecular complexity index is 513. The molecule has 92 valence electrons. The van der Waals surface area contributed by atoms with Gasteiger partial charge in [0.25, 0.3) is 0 Å². The average molecular weight is 260 g/mol. The Morgan fingerprint density at radius 2 is 2.00 bits per heavy atom. The van der Waals surface area contributed by atoms with Crippen molar-refractivity contribution < 1.29 is 4.74 Å². The smallest absolute Gasteiger partial charge is 0.143 e. The van der Waals surface area contributed by atoms with Crippen LogP contribution >= 0.6 is 11.6 Å². The maximum atomic E-state index is 6.45. The molecule has 0 spiro atoms. The molecular formula is C15H14ClNO. The van der Waals surface area contributed by atoms with E-state index in [1.807, 2.05) is 42.5 Å². The highest BCUT2D eigenvalue weighted by Crippen LogP contribution is 2.32. The van der Waals surface area contributed by atoms with Crippen LogP contribution in [0.5, 0.6) is 5.75 Å². The third-order valence-corrected chi connectivity index (χ3v) is 2.95. The molecule has 0 radical (unpaired) electrons. The number of ether oxygens (including phenoxy) is 1. The van der Waals surface area contributed by atoms with Crippen molar-refractivity contribution >= 4 is 11.6 Å². The molecule has 0 fully saturated rings. The maximum absolute atomic E-state index is 6.45. The van der Waals surface area contributed by atoms with E-state index in [0.717, 1.165) is 11.3 Å². The Morgan fingerprint density at radius 3 is 2.72 bits per heavy atom. The van der Waals surface area contributed by atoms with Crippen LogP contribution in [0.4, 0.5) is 0 Å². The highest BCUT2D eigenvalue weighted by Gasteiger charge is 2.16. The molecule has 0 bridgehead atoms. The van der Waals surface area contributed by atoms with Gasteiger partial charge in [-0.1, -0.05) is 43.0 Å². The number of hydrogen-bond acceptors (Lipinski definition) is 2. The van der Waals surface area contributed by atoms with Crippen LogP contribution in [0.3, 0.4) is 0 Å². The quantitative estimate of drug-likeness (QED) is 0.599. The first-order valence-corrected chi connectivity index (χ1v) is 6.14. The van der Waals surface area contributed by atoms with Crippen molar-refractivity contribution in [2.24, 2.45) is 0 Å². The third-order valence-electron chi connectivity index (χ3n) is 2.49. The zero-order valence-electron chi connectivity index (χ0n) is 9.92. The standard InChI is InChI=1S/C15H14ClNO/c1-2-11-18-13-9-6-10-17-15(13)14(16)12-7-4-3-5-8-12/h2-10,14H,1,11H2. The van der Waals surface area contributed by atoms with Gasteiger partial charge in [0.2, 0.25) is 0 Å². The summed E-state index contributed by atoms with van der Waals surface area (Å²) in [6.45, 7) is 4.07. The fraction of sp³-hybridized carbons (Fsp3) is 0.133. The lowest BCUT2D eigenvalue weighted by atomic mass is 10.1. The van der Waals surface area contributed by atoms with Crippen LogP contribution in [-0.4, -0.2) is 11.6 Å². The van der Waals surface area contributed by atoms with Crippen molar-refractivity contribution in [1.82, 2.24) is 4.98 Å². The summed E-state index contributed by atoms with van der Waals surface area (Å²) in [5, 5.41) is -0.313. The van der Waals surface area contributed by atoms with Gasteiger partial charge in [0.15, 0.2) is 0 Å². The normalized spacial score (nSPS) is 11.8. The zero-order chi connectivity index (χ0) is 12.8. The van der Waals surface area contributed by atoms with E-state index < -0.39 is 0 Å². The van der Waals surface area contributed by atoms with Crippen molar-refractivity contribution in [2.45, 2.75) is 5.38 Å². The molecule has 1 unspecified atom stereocenters. The number of halogens is 1. The van der Waals surface area contributed by atoms with Crippen LogP contribution in [0.1, 0.15) is 16.6 Å². The van der Waals surface area contributed by atoms with Crippen molar-refractivity contribution in [3.63, 3.8) is 0 Å². The van der Waals surface area contributed by atoms with Gasteiger partial charge in [0.05, 0.1) is 0 Å². The molecule has 2 aromatic rings. The van der Waals surface area contributed by atoms with Gasteiger partial charge in [0, 0.05) is 6.20 Å². The van der Waals surface area contributed by atoms with Crippen LogP contribution in [-0.2, 0) is 0 Å². The Morgan fingerprint density at radius 1 is 1.22 bits per heavy atom. The van der Waals surface area contributed by atoms with E-state index in [2.05, 4.69) is 11.6 Å². The Kier molecular flexibility index (Phi) is 4.37. The molecule has 0 amide bonds. The highest BCUT2D eigenvalue weighted by atomic mass is 35.5. The van der Waals surface area contributed by atoms with E-state index in [4.69, 9.17) is 16.3 Å². The number of aromatic nitrogens is 1. The molecule has 0 aliphatic rings. The van der Waals surface area contributed by atoms with E-state index in [1.165, 1.54) is 0 Å². The summed E-state index contributed by atoms with van der Waals surface area (Å²) in [5.74, 6) is 0.696. The van der Waals surface area contributed by atoms with E-state index in [1.54, 1.807) is 12.3 Å². The van der Waals surface area contributed by atoms with Gasteiger partial charge < -0.3 is 4.74 Å². The summed E-state index contributed by atoms with van der Waals surface area (Å²) in [4.78, 5) is 4.32. The lowest BCUT2D eigenvalue weighted by molar-refractivity contribution is 0.357. The van der Waals surface area contributed by atoms with E-state index in [0.29, 0.717) is 12.4 Å². The molecule has 3 heteroatoms. The van der Waals surface area contributed by atoms with Gasteiger partial charge in [-0.2, -0.15) is 0 Å². The summed E-state index contributed by atoms with van der Waals surface area (Å²) in [7, 11) is 0. The number of rotatable bonds is 5. The second kappa shape index (κ2) is 6.22. The van der Waals surface area contributed by atoms with Gasteiger partial charge >= 0.3 is 0 Å². The summed E-state index contributed by atoms with van der Waals surface area (Å²) >= 11 is 6.45. The van der Waals surface area contributed by atoms with Gasteiger partial charge in [-0.15, -0.1) is 11.6 Å². The maximum Gasteiger partial charge on any atom is 0.143 e. The summed E-state index contributed by atoms with van der Waals surface area (Å²) < 4.78 is 5.56. The predicted molar refractivity (Wildman–Crippen MR) is 74.1 cm³/mol. The minimum Gasteiger partial charge on any atom is -0.488 e. The number of alkyl halides is 1. The molecule has 0 N–H and O–H groups in total. The number of nitrogens with zero attached hydrogens (tertiary/aromatic N) is 1. The monoisotopic (exact) mass is 259 g/mol. The van der Waals surface area contributed by atoms with Gasteiger partial charge in [0.1, 0.15) is 23.4 Å². The molecule has 2 nitrogen and oxygen atoms in total. The van der Waals surface area contributed by atoms with Crippen LogP contribution in [0, 0.1) is 0 Å². The number of pyridine rings is 1. The molecule has 0 aliphatic carbocycles. The van der Waals surface area contributed by atoms with E-state index in [9.17, 15) is 0 Å². The molecule has 1 heterocycles. The van der Waals surface area contributed by atoms with Crippen molar-refractivity contribution in [2.75, 3.05) is 6.61 Å². The fourth-order valence-electron chi connectivity index (χ4n) is 1.64. The fourth-order valence-corrected chi connectivity index (χ4v) is 1.95. The Hall–Kier alpha value is -1.80. The number of benzene rings is 1. The molecular weight excluding hydrogens is 246 g/mol. The average Bonchev–Trinajstić information content (AvgIpc) is 2.45. The molecule has 2 rings (SSSR count). The summed E-state index contributed by atoms with van der Waals surface area (Å²) in [6, 6.07) is 13.5. The summed E-state index contributed by atoms with van der Waals surface area (Å²) in [5.41, 5.74) is 1.73. The first-order chi connectivity index (χ1) is 8.83. The van der Waals surface area contributed by atoms with Crippen LogP contribution in [0.15, 0.2) is 61.3 Å². The molecule has 1 atom stereocenters. The second-order valence-corrected chi connectivity index (χ2v) is 4.20. The van der Waals surface area contributed by atoms with Crippen LogP contribution < -0.4 is 4.74 Å². The Labute approximate surface area is 112 Å². The van der Waals surface area contributed by atoms with Crippen molar-refractivity contribution in [3.05, 3.63) is 72.6 Å². The topological polar surface area (TPSA) is 22.1 Å². The van der Waals surface area contributed by atoms with E-state index in [-0.39, 0.29) is 5.38 Å². The molecule has 1 aromatic heterocycles. The SMILES string of the molecule is C=CCOc1cccnc1C(Cl)c1ccccc1. The molecule has 0 aliphatic heterocycles. The lowest BCUT2D eigenvalue weighted by Gasteiger charge is -2.13. The first-order valence-electron chi connectivity index (χ1n) is 5.70. The molecule has 18 heavy (non-hydrogen) atoms. The van der Waals surface area contributed by atoms with E-state index >= 15 is 0 Å². The van der Waals surface area contributed by atoms with Crippen molar-refractivity contribution in [3.8, 4) is 5.75 Å². The van der Waals surface area contributed by atoms with Crippen LogP contribution in [0.2, 0.25) is 0 Å². The minimum atomic E-state index is -0.313. The van der Waals surface area contributed by atoms with Crippen molar-refractivity contribution in [1.29, 1.82) is 0 Å². The first kappa shape index (κ1) is 12.7. The third kappa shape index (κ3) is 2.90. The largest absolute Gasteiger partial charge is 0.488 e. The lowest BCUT2D eigenvalue weighted by Crippen LogP contribution is -2.02.